The average molecular weight is 284 g/mol. The first kappa shape index (κ1) is 13.1. The highest BCUT2D eigenvalue weighted by atomic mass is 35.5. The van der Waals surface area contributed by atoms with Gasteiger partial charge in [-0.3, -0.25) is 4.98 Å². The van der Waals surface area contributed by atoms with Crippen LogP contribution in [0.25, 0.3) is 0 Å². The van der Waals surface area contributed by atoms with Gasteiger partial charge < -0.3 is 9.84 Å². The summed E-state index contributed by atoms with van der Waals surface area (Å²) in [5.74, 6) is 0.574. The number of methoxy groups -OCH3 is 1. The van der Waals surface area contributed by atoms with Crippen molar-refractivity contribution in [1.29, 1.82) is 0 Å². The molecule has 1 aromatic heterocycles. The number of hydrogen-bond acceptors (Lipinski definition) is 3. The molecule has 18 heavy (non-hydrogen) atoms. The number of halogens is 2. The van der Waals surface area contributed by atoms with Crippen molar-refractivity contribution in [3.05, 3.63) is 57.8 Å². The predicted molar refractivity (Wildman–Crippen MR) is 71.3 cm³/mol. The van der Waals surface area contributed by atoms with Crippen LogP contribution in [0.4, 0.5) is 0 Å². The van der Waals surface area contributed by atoms with Crippen LogP contribution in [0, 0.1) is 0 Å². The highest BCUT2D eigenvalue weighted by Gasteiger charge is 2.16. The standard InChI is InChI=1S/C13H11Cl2NO2/c1-18-9-5-8(6-16-7-9)13(17)10-3-2-4-11(14)12(10)15/h2-7,13,17H,1H3. The van der Waals surface area contributed by atoms with E-state index in [1.807, 2.05) is 0 Å². The van der Waals surface area contributed by atoms with Gasteiger partial charge in [-0.05, 0) is 12.1 Å². The number of pyridine rings is 1. The molecule has 0 bridgehead atoms. The Morgan fingerprint density at radius 2 is 2.06 bits per heavy atom. The lowest BCUT2D eigenvalue weighted by Gasteiger charge is -2.14. The van der Waals surface area contributed by atoms with Crippen LogP contribution in [0.5, 0.6) is 5.75 Å². The molecular formula is C13H11Cl2NO2. The Morgan fingerprint density at radius 3 is 2.78 bits per heavy atom. The minimum atomic E-state index is -0.890. The Balaban J connectivity index is 2.41. The number of aliphatic hydroxyl groups excluding tert-OH is 1. The van der Waals surface area contributed by atoms with Gasteiger partial charge in [-0.2, -0.15) is 0 Å². The van der Waals surface area contributed by atoms with Gasteiger partial charge in [-0.1, -0.05) is 35.3 Å². The smallest absolute Gasteiger partial charge is 0.137 e. The van der Waals surface area contributed by atoms with E-state index >= 15 is 0 Å². The largest absolute Gasteiger partial charge is 0.495 e. The molecule has 0 aliphatic carbocycles. The molecular weight excluding hydrogens is 273 g/mol. The summed E-state index contributed by atoms with van der Waals surface area (Å²) < 4.78 is 5.06. The minimum absolute atomic E-state index is 0.342. The second-order valence-electron chi connectivity index (χ2n) is 3.70. The van der Waals surface area contributed by atoms with E-state index in [9.17, 15) is 5.11 Å². The third-order valence-electron chi connectivity index (χ3n) is 2.56. The lowest BCUT2D eigenvalue weighted by atomic mass is 10.0. The average Bonchev–Trinajstić information content (AvgIpc) is 2.41. The quantitative estimate of drug-likeness (QED) is 0.938. The second-order valence-corrected chi connectivity index (χ2v) is 4.49. The van der Waals surface area contributed by atoms with Crippen molar-refractivity contribution in [2.75, 3.05) is 7.11 Å². The van der Waals surface area contributed by atoms with Crippen LogP contribution in [0.1, 0.15) is 17.2 Å². The fraction of sp³-hybridized carbons (Fsp3) is 0.154. The van der Waals surface area contributed by atoms with E-state index in [0.717, 1.165) is 0 Å². The molecule has 2 rings (SSSR count). The normalized spacial score (nSPS) is 12.2. The van der Waals surface area contributed by atoms with Crippen molar-refractivity contribution >= 4 is 23.2 Å². The molecule has 0 spiro atoms. The molecule has 1 heterocycles. The lowest BCUT2D eigenvalue weighted by molar-refractivity contribution is 0.219. The molecule has 1 unspecified atom stereocenters. The molecule has 2 aromatic rings. The van der Waals surface area contributed by atoms with E-state index in [0.29, 0.717) is 26.9 Å². The summed E-state index contributed by atoms with van der Waals surface area (Å²) in [4.78, 5) is 3.99. The molecule has 94 valence electrons. The van der Waals surface area contributed by atoms with Gasteiger partial charge in [0.15, 0.2) is 0 Å². The molecule has 0 saturated heterocycles. The van der Waals surface area contributed by atoms with Crippen LogP contribution in [0.15, 0.2) is 36.7 Å². The van der Waals surface area contributed by atoms with Crippen molar-refractivity contribution < 1.29 is 9.84 Å². The van der Waals surface area contributed by atoms with E-state index in [1.165, 1.54) is 0 Å². The monoisotopic (exact) mass is 283 g/mol. The van der Waals surface area contributed by atoms with Crippen molar-refractivity contribution in [2.45, 2.75) is 6.10 Å². The number of benzene rings is 1. The maximum absolute atomic E-state index is 10.3. The number of hydrogen-bond donors (Lipinski definition) is 1. The molecule has 3 nitrogen and oxygen atoms in total. The number of aliphatic hydroxyl groups is 1. The molecule has 0 saturated carbocycles. The summed E-state index contributed by atoms with van der Waals surface area (Å²) in [6.45, 7) is 0. The van der Waals surface area contributed by atoms with Gasteiger partial charge in [-0.25, -0.2) is 0 Å². The third-order valence-corrected chi connectivity index (χ3v) is 3.40. The number of nitrogens with zero attached hydrogens (tertiary/aromatic N) is 1. The van der Waals surface area contributed by atoms with Crippen molar-refractivity contribution in [3.8, 4) is 5.75 Å². The van der Waals surface area contributed by atoms with E-state index in [-0.39, 0.29) is 0 Å². The Labute approximate surface area is 115 Å². The Bertz CT molecular complexity index is 560. The van der Waals surface area contributed by atoms with Gasteiger partial charge in [0.05, 0.1) is 23.4 Å². The molecule has 1 atom stereocenters. The fourth-order valence-corrected chi connectivity index (χ4v) is 2.02. The Kier molecular flexibility index (Phi) is 4.07. The summed E-state index contributed by atoms with van der Waals surface area (Å²) in [7, 11) is 1.54. The Hall–Kier alpha value is -1.29. The van der Waals surface area contributed by atoms with Crippen LogP contribution in [0.2, 0.25) is 10.0 Å². The summed E-state index contributed by atoms with van der Waals surface area (Å²) in [6, 6.07) is 6.83. The third kappa shape index (κ3) is 2.58. The predicted octanol–water partition coefficient (Wildman–Crippen LogP) is 3.48. The molecule has 0 aliphatic rings. The van der Waals surface area contributed by atoms with Crippen molar-refractivity contribution in [1.82, 2.24) is 4.98 Å². The second kappa shape index (κ2) is 5.57. The van der Waals surface area contributed by atoms with E-state index in [2.05, 4.69) is 4.98 Å². The first-order valence-electron chi connectivity index (χ1n) is 5.24. The SMILES string of the molecule is COc1cncc(C(O)c2cccc(Cl)c2Cl)c1. The van der Waals surface area contributed by atoms with Crippen LogP contribution in [-0.2, 0) is 0 Å². The van der Waals surface area contributed by atoms with Crippen LogP contribution >= 0.6 is 23.2 Å². The molecule has 5 heteroatoms. The van der Waals surface area contributed by atoms with Crippen LogP contribution in [0.3, 0.4) is 0 Å². The molecule has 0 radical (unpaired) electrons. The zero-order valence-electron chi connectivity index (χ0n) is 9.60. The molecule has 1 aromatic carbocycles. The zero-order valence-corrected chi connectivity index (χ0v) is 11.1. The van der Waals surface area contributed by atoms with Gasteiger partial charge >= 0.3 is 0 Å². The number of ether oxygens (including phenoxy) is 1. The minimum Gasteiger partial charge on any atom is -0.495 e. The van der Waals surface area contributed by atoms with Gasteiger partial charge in [0, 0.05) is 17.3 Å². The van der Waals surface area contributed by atoms with Crippen molar-refractivity contribution in [2.24, 2.45) is 0 Å². The summed E-state index contributed by atoms with van der Waals surface area (Å²) in [5, 5.41) is 11.0. The van der Waals surface area contributed by atoms with Gasteiger partial charge in [-0.15, -0.1) is 0 Å². The first-order chi connectivity index (χ1) is 8.63. The van der Waals surface area contributed by atoms with E-state index < -0.39 is 6.10 Å². The fourth-order valence-electron chi connectivity index (χ4n) is 1.61. The van der Waals surface area contributed by atoms with E-state index in [4.69, 9.17) is 27.9 Å². The van der Waals surface area contributed by atoms with E-state index in [1.54, 1.807) is 43.8 Å². The van der Waals surface area contributed by atoms with Gasteiger partial charge in [0.1, 0.15) is 11.9 Å². The Morgan fingerprint density at radius 1 is 1.28 bits per heavy atom. The van der Waals surface area contributed by atoms with Gasteiger partial charge in [0.2, 0.25) is 0 Å². The van der Waals surface area contributed by atoms with Gasteiger partial charge in [0.25, 0.3) is 0 Å². The van der Waals surface area contributed by atoms with Crippen LogP contribution < -0.4 is 4.74 Å². The maximum atomic E-state index is 10.3. The summed E-state index contributed by atoms with van der Waals surface area (Å²) in [6.07, 6.45) is 2.24. The highest BCUT2D eigenvalue weighted by Crippen LogP contribution is 2.33. The summed E-state index contributed by atoms with van der Waals surface area (Å²) in [5.41, 5.74) is 1.14. The summed E-state index contributed by atoms with van der Waals surface area (Å²) >= 11 is 12.0. The molecule has 0 fully saturated rings. The van der Waals surface area contributed by atoms with Crippen LogP contribution in [-0.4, -0.2) is 17.2 Å². The number of rotatable bonds is 3. The topological polar surface area (TPSA) is 42.4 Å². The highest BCUT2D eigenvalue weighted by molar-refractivity contribution is 6.42. The number of aromatic nitrogens is 1. The maximum Gasteiger partial charge on any atom is 0.137 e. The zero-order chi connectivity index (χ0) is 13.1. The molecule has 0 amide bonds. The molecule has 1 N–H and O–H groups in total. The lowest BCUT2D eigenvalue weighted by Crippen LogP contribution is -2.02. The first-order valence-corrected chi connectivity index (χ1v) is 6.00. The molecule has 0 aliphatic heterocycles. The van der Waals surface area contributed by atoms with Crippen molar-refractivity contribution in [3.63, 3.8) is 0 Å².